The summed E-state index contributed by atoms with van der Waals surface area (Å²) in [7, 11) is 0. The summed E-state index contributed by atoms with van der Waals surface area (Å²) >= 11 is 0. The second kappa shape index (κ2) is 16.5. The van der Waals surface area contributed by atoms with Crippen molar-refractivity contribution in [3.63, 3.8) is 0 Å². The zero-order valence-electron chi connectivity index (χ0n) is 21.9. The van der Waals surface area contributed by atoms with Gasteiger partial charge in [0.25, 0.3) is 5.91 Å². The Bertz CT molecular complexity index is 928. The molecule has 6 nitrogen and oxygen atoms in total. The highest BCUT2D eigenvalue weighted by Crippen LogP contribution is 2.23. The lowest BCUT2D eigenvalue weighted by Gasteiger charge is -2.28. The predicted molar refractivity (Wildman–Crippen MR) is 144 cm³/mol. The Morgan fingerprint density at radius 3 is 1.92 bits per heavy atom. The highest BCUT2D eigenvalue weighted by Gasteiger charge is 2.26. The number of nitrogens with one attached hydrogen (secondary N) is 1. The molecular formula is C30H42N2O4. The third-order valence-electron chi connectivity index (χ3n) is 6.58. The van der Waals surface area contributed by atoms with Gasteiger partial charge in [0.2, 0.25) is 0 Å². The van der Waals surface area contributed by atoms with Gasteiger partial charge in [-0.3, -0.25) is 9.59 Å². The molecule has 0 aliphatic heterocycles. The number of carboxylic acids is 1. The molecule has 0 heterocycles. The molecule has 0 radical (unpaired) electrons. The number of carbonyl (C=O) groups is 3. The number of unbranched alkanes of at least 4 members (excludes halogenated alkanes) is 9. The topological polar surface area (TPSA) is 86.7 Å². The van der Waals surface area contributed by atoms with Gasteiger partial charge in [0.15, 0.2) is 0 Å². The van der Waals surface area contributed by atoms with Gasteiger partial charge in [-0.1, -0.05) is 107 Å². The van der Waals surface area contributed by atoms with Crippen molar-refractivity contribution >= 4 is 17.8 Å². The lowest BCUT2D eigenvalue weighted by molar-refractivity contribution is -0.157. The first-order valence-corrected chi connectivity index (χ1v) is 13.4. The van der Waals surface area contributed by atoms with E-state index in [1.165, 1.54) is 56.3 Å². The van der Waals surface area contributed by atoms with Crippen molar-refractivity contribution in [1.82, 2.24) is 10.2 Å². The molecule has 0 saturated heterocycles. The molecule has 0 aliphatic carbocycles. The summed E-state index contributed by atoms with van der Waals surface area (Å²) in [4.78, 5) is 37.6. The Labute approximate surface area is 216 Å². The van der Waals surface area contributed by atoms with Crippen LogP contribution in [0.25, 0.3) is 0 Å². The fourth-order valence-electron chi connectivity index (χ4n) is 4.29. The zero-order valence-corrected chi connectivity index (χ0v) is 21.9. The van der Waals surface area contributed by atoms with Crippen LogP contribution in [0.4, 0.5) is 0 Å². The Kier molecular flexibility index (Phi) is 13.3. The van der Waals surface area contributed by atoms with Crippen LogP contribution in [-0.4, -0.2) is 34.3 Å². The van der Waals surface area contributed by atoms with Gasteiger partial charge >= 0.3 is 11.9 Å². The van der Waals surface area contributed by atoms with Gasteiger partial charge in [0.1, 0.15) is 0 Å². The summed E-state index contributed by atoms with van der Waals surface area (Å²) in [5, 5.41) is 12.3. The third-order valence-corrected chi connectivity index (χ3v) is 6.58. The van der Waals surface area contributed by atoms with Gasteiger partial charge in [-0.25, -0.2) is 4.79 Å². The normalized spacial score (nSPS) is 11.6. The van der Waals surface area contributed by atoms with E-state index < -0.39 is 17.9 Å². The van der Waals surface area contributed by atoms with E-state index in [0.29, 0.717) is 12.1 Å². The lowest BCUT2D eigenvalue weighted by atomic mass is 10.0. The quantitative estimate of drug-likeness (QED) is 0.206. The minimum absolute atomic E-state index is 0.117. The molecule has 0 aliphatic rings. The number of amides is 2. The number of hydrogen-bond acceptors (Lipinski definition) is 3. The summed E-state index contributed by atoms with van der Waals surface area (Å²) in [6, 6.07) is 15.9. The Morgan fingerprint density at radius 1 is 0.806 bits per heavy atom. The number of nitrogens with zero attached hydrogens (tertiary/aromatic N) is 1. The SMILES string of the molecule is CCCCCCCCCCCCNC(=O)c1ccc(CN(C(=O)C(=O)O)C(C)c2ccccc2)cc1. The molecule has 2 amide bonds. The summed E-state index contributed by atoms with van der Waals surface area (Å²) in [5.74, 6) is -2.56. The van der Waals surface area contributed by atoms with Crippen molar-refractivity contribution in [2.45, 2.75) is 90.6 Å². The summed E-state index contributed by atoms with van der Waals surface area (Å²) in [5.41, 5.74) is 2.17. The van der Waals surface area contributed by atoms with E-state index in [0.717, 1.165) is 24.0 Å². The fraction of sp³-hybridized carbons (Fsp3) is 0.500. The van der Waals surface area contributed by atoms with Gasteiger partial charge in [-0.05, 0) is 36.6 Å². The zero-order chi connectivity index (χ0) is 26.2. The molecule has 36 heavy (non-hydrogen) atoms. The van der Waals surface area contributed by atoms with Gasteiger partial charge in [-0.2, -0.15) is 0 Å². The third kappa shape index (κ3) is 10.2. The monoisotopic (exact) mass is 494 g/mol. The van der Waals surface area contributed by atoms with Crippen LogP contribution < -0.4 is 5.32 Å². The van der Waals surface area contributed by atoms with E-state index in [4.69, 9.17) is 0 Å². The molecule has 0 bridgehead atoms. The molecule has 2 aromatic rings. The van der Waals surface area contributed by atoms with E-state index in [2.05, 4.69) is 12.2 Å². The summed E-state index contributed by atoms with van der Waals surface area (Å²) in [6.45, 7) is 4.85. The van der Waals surface area contributed by atoms with Crippen molar-refractivity contribution < 1.29 is 19.5 Å². The molecular weight excluding hydrogens is 452 g/mol. The van der Waals surface area contributed by atoms with Gasteiger partial charge in [0.05, 0.1) is 6.04 Å². The van der Waals surface area contributed by atoms with Crippen LogP contribution in [0, 0.1) is 0 Å². The maximum Gasteiger partial charge on any atom is 0.394 e. The summed E-state index contributed by atoms with van der Waals surface area (Å²) in [6.07, 6.45) is 12.6. The first-order valence-electron chi connectivity index (χ1n) is 13.4. The van der Waals surface area contributed by atoms with Gasteiger partial charge in [0, 0.05) is 18.7 Å². The second-order valence-corrected chi connectivity index (χ2v) is 9.46. The van der Waals surface area contributed by atoms with Crippen LogP contribution in [0.3, 0.4) is 0 Å². The average molecular weight is 495 g/mol. The van der Waals surface area contributed by atoms with E-state index in [1.54, 1.807) is 24.3 Å². The van der Waals surface area contributed by atoms with Crippen molar-refractivity contribution in [3.8, 4) is 0 Å². The molecule has 0 saturated carbocycles. The first-order chi connectivity index (χ1) is 17.4. The largest absolute Gasteiger partial charge is 0.474 e. The van der Waals surface area contributed by atoms with E-state index in [9.17, 15) is 19.5 Å². The Hall–Kier alpha value is -3.15. The standard InChI is InChI=1S/C30H42N2O4/c1-3-4-5-6-7-8-9-10-11-15-22-31-28(33)27-20-18-25(19-21-27)23-32(29(34)30(35)36)24(2)26-16-13-12-14-17-26/h12-14,16-21,24H,3-11,15,22-23H2,1-2H3,(H,31,33)(H,35,36). The van der Waals surface area contributed by atoms with E-state index in [-0.39, 0.29) is 12.5 Å². The van der Waals surface area contributed by atoms with Crippen LogP contribution in [0.5, 0.6) is 0 Å². The molecule has 2 N–H and O–H groups in total. The highest BCUT2D eigenvalue weighted by atomic mass is 16.4. The van der Waals surface area contributed by atoms with Crippen molar-refractivity contribution in [2.24, 2.45) is 0 Å². The molecule has 2 aromatic carbocycles. The van der Waals surface area contributed by atoms with Gasteiger partial charge < -0.3 is 15.3 Å². The van der Waals surface area contributed by atoms with E-state index >= 15 is 0 Å². The molecule has 196 valence electrons. The minimum atomic E-state index is -1.49. The molecule has 1 unspecified atom stereocenters. The van der Waals surface area contributed by atoms with Crippen LogP contribution in [0.15, 0.2) is 54.6 Å². The maximum atomic E-state index is 12.5. The number of carbonyl (C=O) groups excluding carboxylic acids is 2. The van der Waals surface area contributed by atoms with Crippen LogP contribution in [0.2, 0.25) is 0 Å². The minimum Gasteiger partial charge on any atom is -0.474 e. The Morgan fingerprint density at radius 2 is 1.36 bits per heavy atom. The van der Waals surface area contributed by atoms with Crippen molar-refractivity contribution in [3.05, 3.63) is 71.3 Å². The number of rotatable bonds is 16. The van der Waals surface area contributed by atoms with Crippen LogP contribution in [-0.2, 0) is 16.1 Å². The molecule has 0 spiro atoms. The number of aliphatic carboxylic acids is 1. The second-order valence-electron chi connectivity index (χ2n) is 9.46. The number of hydrogen-bond donors (Lipinski definition) is 2. The highest BCUT2D eigenvalue weighted by molar-refractivity contribution is 6.31. The maximum absolute atomic E-state index is 12.5. The van der Waals surface area contributed by atoms with Crippen LogP contribution in [0.1, 0.15) is 106 Å². The Balaban J connectivity index is 1.78. The van der Waals surface area contributed by atoms with Crippen LogP contribution >= 0.6 is 0 Å². The average Bonchev–Trinajstić information content (AvgIpc) is 2.90. The smallest absolute Gasteiger partial charge is 0.394 e. The van der Waals surface area contributed by atoms with Crippen molar-refractivity contribution in [2.75, 3.05) is 6.54 Å². The number of carboxylic acid groups (broad SMARTS) is 1. The summed E-state index contributed by atoms with van der Waals surface area (Å²) < 4.78 is 0. The molecule has 0 fully saturated rings. The molecule has 6 heteroatoms. The number of benzene rings is 2. The molecule has 2 rings (SSSR count). The predicted octanol–water partition coefficient (Wildman–Crippen LogP) is 6.51. The van der Waals surface area contributed by atoms with Crippen molar-refractivity contribution in [1.29, 1.82) is 0 Å². The first kappa shape index (κ1) is 29.1. The molecule has 1 atom stereocenters. The van der Waals surface area contributed by atoms with Gasteiger partial charge in [-0.15, -0.1) is 0 Å². The lowest BCUT2D eigenvalue weighted by Crippen LogP contribution is -2.38. The molecule has 0 aromatic heterocycles. The fourth-order valence-corrected chi connectivity index (χ4v) is 4.29. The van der Waals surface area contributed by atoms with E-state index in [1.807, 2.05) is 37.3 Å².